The number of carbonyl (C=O) groups excluding carboxylic acids is 1. The summed E-state index contributed by atoms with van der Waals surface area (Å²) in [6.45, 7) is 2.20. The molecule has 4 rings (SSSR count). The Morgan fingerprint density at radius 1 is 1.12 bits per heavy atom. The quantitative estimate of drug-likeness (QED) is 0.534. The van der Waals surface area contributed by atoms with Gasteiger partial charge in [-0.05, 0) is 36.1 Å². The first-order chi connectivity index (χ1) is 15.9. The van der Waals surface area contributed by atoms with Crippen molar-refractivity contribution in [2.75, 3.05) is 33.3 Å². The Hall–Kier alpha value is -2.46. The van der Waals surface area contributed by atoms with Crippen LogP contribution in [0.5, 0.6) is 5.75 Å². The van der Waals surface area contributed by atoms with Gasteiger partial charge in [0.2, 0.25) is 15.9 Å². The number of rotatable bonds is 10. The number of likely N-dealkylation sites (tertiary alicyclic amines) is 1. The van der Waals surface area contributed by atoms with Crippen LogP contribution in [-0.4, -0.2) is 62.8 Å². The minimum Gasteiger partial charge on any atom is -0.489 e. The van der Waals surface area contributed by atoms with Crippen LogP contribution in [-0.2, 0) is 26.3 Å². The van der Waals surface area contributed by atoms with E-state index in [1.165, 1.54) is 0 Å². The molecule has 0 saturated carbocycles. The van der Waals surface area contributed by atoms with Gasteiger partial charge in [0.05, 0.1) is 12.6 Å². The van der Waals surface area contributed by atoms with Crippen molar-refractivity contribution in [2.24, 2.45) is 0 Å². The van der Waals surface area contributed by atoms with E-state index in [9.17, 15) is 13.2 Å². The summed E-state index contributed by atoms with van der Waals surface area (Å²) in [6, 6.07) is 17.0. The molecule has 2 fully saturated rings. The molecule has 1 N–H and O–H groups in total. The van der Waals surface area contributed by atoms with Gasteiger partial charge >= 0.3 is 0 Å². The van der Waals surface area contributed by atoms with Gasteiger partial charge < -0.3 is 9.64 Å². The summed E-state index contributed by atoms with van der Waals surface area (Å²) in [5, 5.41) is 0.874. The van der Waals surface area contributed by atoms with Gasteiger partial charge in [-0.25, -0.2) is 13.1 Å². The van der Waals surface area contributed by atoms with E-state index in [2.05, 4.69) is 4.72 Å². The molecule has 2 heterocycles. The summed E-state index contributed by atoms with van der Waals surface area (Å²) in [7, 11) is -1.86. The Bertz CT molecular complexity index is 1030. The Balaban J connectivity index is 1.34. The van der Waals surface area contributed by atoms with Crippen molar-refractivity contribution in [3.05, 3.63) is 65.7 Å². The second kappa shape index (κ2) is 10.6. The van der Waals surface area contributed by atoms with Gasteiger partial charge in [0.25, 0.3) is 0 Å². The Kier molecular flexibility index (Phi) is 7.64. The Labute approximate surface area is 195 Å². The zero-order chi connectivity index (χ0) is 23.3. The number of hydrogen-bond donors (Lipinski definition) is 1. The molecule has 0 bridgehead atoms. The lowest BCUT2D eigenvalue weighted by atomic mass is 10.0. The van der Waals surface area contributed by atoms with Crippen LogP contribution in [0.25, 0.3) is 0 Å². The average Bonchev–Trinajstić information content (AvgIpc) is 3.42. The highest BCUT2D eigenvalue weighted by Crippen LogP contribution is 2.34. The van der Waals surface area contributed by atoms with Crippen molar-refractivity contribution >= 4 is 15.9 Å². The molecule has 2 aromatic carbocycles. The molecular formula is C24H31N3O5S. The SMILES string of the molecule is CN1OCC(S(=O)(=O)NCCCN2CCCC2=O)C1c1ccc(OCc2ccccc2)cc1. The summed E-state index contributed by atoms with van der Waals surface area (Å²) in [5.74, 6) is 0.873. The van der Waals surface area contributed by atoms with Crippen LogP contribution in [0, 0.1) is 0 Å². The first-order valence-corrected chi connectivity index (χ1v) is 12.9. The first kappa shape index (κ1) is 23.7. The van der Waals surface area contributed by atoms with Crippen molar-refractivity contribution in [3.8, 4) is 5.75 Å². The second-order valence-corrected chi connectivity index (χ2v) is 10.4. The lowest BCUT2D eigenvalue weighted by Gasteiger charge is -2.23. The van der Waals surface area contributed by atoms with E-state index >= 15 is 0 Å². The molecule has 9 heteroatoms. The lowest BCUT2D eigenvalue weighted by Crippen LogP contribution is -2.40. The van der Waals surface area contributed by atoms with Crippen molar-refractivity contribution in [1.29, 1.82) is 0 Å². The fourth-order valence-electron chi connectivity index (χ4n) is 4.31. The predicted molar refractivity (Wildman–Crippen MR) is 125 cm³/mol. The van der Waals surface area contributed by atoms with Gasteiger partial charge in [0.1, 0.15) is 17.6 Å². The number of amides is 1. The summed E-state index contributed by atoms with van der Waals surface area (Å²) in [5.41, 5.74) is 1.93. The number of hydroxylamine groups is 2. The molecule has 0 aromatic heterocycles. The van der Waals surface area contributed by atoms with E-state index in [0.717, 1.165) is 29.8 Å². The molecule has 2 saturated heterocycles. The van der Waals surface area contributed by atoms with E-state index in [1.54, 1.807) is 17.0 Å². The smallest absolute Gasteiger partial charge is 0.222 e. The third-order valence-electron chi connectivity index (χ3n) is 6.13. The van der Waals surface area contributed by atoms with Crippen molar-refractivity contribution in [2.45, 2.75) is 37.2 Å². The summed E-state index contributed by atoms with van der Waals surface area (Å²) in [6.07, 6.45) is 2.07. The van der Waals surface area contributed by atoms with Gasteiger partial charge in [-0.15, -0.1) is 0 Å². The number of benzene rings is 2. The Morgan fingerprint density at radius 3 is 2.58 bits per heavy atom. The fraction of sp³-hybridized carbons (Fsp3) is 0.458. The molecule has 0 aliphatic carbocycles. The summed E-state index contributed by atoms with van der Waals surface area (Å²) < 4.78 is 34.6. The highest BCUT2D eigenvalue weighted by molar-refractivity contribution is 7.90. The molecular weight excluding hydrogens is 442 g/mol. The van der Waals surface area contributed by atoms with Crippen molar-refractivity contribution in [3.63, 3.8) is 0 Å². The summed E-state index contributed by atoms with van der Waals surface area (Å²) >= 11 is 0. The normalized spacial score (nSPS) is 21.6. The number of sulfonamides is 1. The van der Waals surface area contributed by atoms with E-state index in [1.807, 2.05) is 54.6 Å². The van der Waals surface area contributed by atoms with Crippen molar-refractivity contribution in [1.82, 2.24) is 14.7 Å². The molecule has 2 aromatic rings. The van der Waals surface area contributed by atoms with Gasteiger partial charge in [-0.2, -0.15) is 5.06 Å². The monoisotopic (exact) mass is 473 g/mol. The van der Waals surface area contributed by atoms with E-state index < -0.39 is 21.3 Å². The van der Waals surface area contributed by atoms with Crippen LogP contribution in [0.2, 0.25) is 0 Å². The van der Waals surface area contributed by atoms with Gasteiger partial charge in [0, 0.05) is 33.1 Å². The third-order valence-corrected chi connectivity index (χ3v) is 7.93. The molecule has 178 valence electrons. The number of hydrogen-bond acceptors (Lipinski definition) is 6. The van der Waals surface area contributed by atoms with Crippen LogP contribution >= 0.6 is 0 Å². The molecule has 8 nitrogen and oxygen atoms in total. The molecule has 2 aliphatic heterocycles. The maximum absolute atomic E-state index is 13.0. The molecule has 0 spiro atoms. The summed E-state index contributed by atoms with van der Waals surface area (Å²) in [4.78, 5) is 19.1. The third kappa shape index (κ3) is 5.92. The minimum absolute atomic E-state index is 0.0906. The van der Waals surface area contributed by atoms with E-state index in [-0.39, 0.29) is 12.5 Å². The van der Waals surface area contributed by atoms with Crippen LogP contribution in [0.3, 0.4) is 0 Å². The number of ether oxygens (including phenoxy) is 1. The first-order valence-electron chi connectivity index (χ1n) is 11.3. The number of nitrogens with one attached hydrogen (secondary N) is 1. The second-order valence-electron chi connectivity index (χ2n) is 8.45. The largest absolute Gasteiger partial charge is 0.489 e. The molecule has 0 radical (unpaired) electrons. The fourth-order valence-corrected chi connectivity index (χ4v) is 5.87. The van der Waals surface area contributed by atoms with Gasteiger partial charge in [-0.1, -0.05) is 42.5 Å². The molecule has 2 atom stereocenters. The number of carbonyl (C=O) groups is 1. The average molecular weight is 474 g/mol. The van der Waals surface area contributed by atoms with E-state index in [0.29, 0.717) is 32.5 Å². The molecule has 33 heavy (non-hydrogen) atoms. The maximum Gasteiger partial charge on any atom is 0.222 e. The molecule has 2 aliphatic rings. The predicted octanol–water partition coefficient (Wildman–Crippen LogP) is 2.48. The van der Waals surface area contributed by atoms with Crippen LogP contribution in [0.4, 0.5) is 0 Å². The zero-order valence-corrected chi connectivity index (χ0v) is 19.7. The topological polar surface area (TPSA) is 88.2 Å². The lowest BCUT2D eigenvalue weighted by molar-refractivity contribution is -0.127. The van der Waals surface area contributed by atoms with Gasteiger partial charge in [0.15, 0.2) is 0 Å². The maximum atomic E-state index is 13.0. The van der Waals surface area contributed by atoms with E-state index in [4.69, 9.17) is 9.57 Å². The highest BCUT2D eigenvalue weighted by atomic mass is 32.2. The zero-order valence-electron chi connectivity index (χ0n) is 18.9. The van der Waals surface area contributed by atoms with Crippen LogP contribution in [0.1, 0.15) is 36.4 Å². The molecule has 1 amide bonds. The van der Waals surface area contributed by atoms with Crippen LogP contribution in [0.15, 0.2) is 54.6 Å². The van der Waals surface area contributed by atoms with Crippen LogP contribution < -0.4 is 9.46 Å². The Morgan fingerprint density at radius 2 is 1.88 bits per heavy atom. The standard InChI is InChI=1S/C24H31N3O5S/c1-26-24(20-10-12-21(13-11-20)31-17-19-7-3-2-4-8-19)22(18-32-26)33(29,30)25-14-6-16-27-15-5-9-23(27)28/h2-4,7-8,10-13,22,24-25H,5-6,9,14-18H2,1H3. The molecule has 2 unspecified atom stereocenters. The number of nitrogens with zero attached hydrogens (tertiary/aromatic N) is 2. The highest BCUT2D eigenvalue weighted by Gasteiger charge is 2.43. The van der Waals surface area contributed by atoms with Crippen molar-refractivity contribution < 1.29 is 22.8 Å². The minimum atomic E-state index is -3.61. The van der Waals surface area contributed by atoms with Gasteiger partial charge in [-0.3, -0.25) is 9.63 Å².